The Morgan fingerprint density at radius 1 is 1.45 bits per heavy atom. The molecule has 5 nitrogen and oxygen atoms in total. The summed E-state index contributed by atoms with van der Waals surface area (Å²) in [6.07, 6.45) is 0.447. The number of hydrogen-bond donors (Lipinski definition) is 2. The molecule has 1 unspecified atom stereocenters. The van der Waals surface area contributed by atoms with Crippen LogP contribution in [-0.2, 0) is 9.53 Å². The van der Waals surface area contributed by atoms with Crippen molar-refractivity contribution in [3.8, 4) is 5.75 Å². The number of carbonyl (C=O) groups excluding carboxylic acids is 1. The monoisotopic (exact) mass is 306 g/mol. The van der Waals surface area contributed by atoms with Crippen molar-refractivity contribution in [3.63, 3.8) is 0 Å². The molecule has 1 aliphatic rings. The molecule has 1 amide bonds. The lowest BCUT2D eigenvalue weighted by atomic mass is 10.0. The number of rotatable bonds is 7. The number of ether oxygens (including phenoxy) is 2. The van der Waals surface area contributed by atoms with E-state index in [-0.39, 0.29) is 11.9 Å². The molecule has 1 atom stereocenters. The van der Waals surface area contributed by atoms with Crippen molar-refractivity contribution in [2.24, 2.45) is 0 Å². The van der Waals surface area contributed by atoms with E-state index >= 15 is 0 Å². The van der Waals surface area contributed by atoms with E-state index in [4.69, 9.17) is 9.47 Å². The van der Waals surface area contributed by atoms with Crippen LogP contribution in [-0.4, -0.2) is 44.9 Å². The Balaban J connectivity index is 1.67. The summed E-state index contributed by atoms with van der Waals surface area (Å²) in [7, 11) is 0. The van der Waals surface area contributed by atoms with Gasteiger partial charge in [0.15, 0.2) is 0 Å². The molecule has 5 heteroatoms. The first kappa shape index (κ1) is 16.8. The van der Waals surface area contributed by atoms with Crippen LogP contribution in [0.2, 0.25) is 0 Å². The van der Waals surface area contributed by atoms with Gasteiger partial charge in [0.05, 0.1) is 19.8 Å². The van der Waals surface area contributed by atoms with E-state index in [0.29, 0.717) is 32.1 Å². The van der Waals surface area contributed by atoms with Crippen LogP contribution in [0.4, 0.5) is 0 Å². The molecule has 122 valence electrons. The van der Waals surface area contributed by atoms with Crippen LogP contribution < -0.4 is 15.4 Å². The summed E-state index contributed by atoms with van der Waals surface area (Å²) >= 11 is 0. The normalized spacial score (nSPS) is 18.2. The predicted molar refractivity (Wildman–Crippen MR) is 86.3 cm³/mol. The van der Waals surface area contributed by atoms with Gasteiger partial charge in [-0.15, -0.1) is 0 Å². The van der Waals surface area contributed by atoms with Crippen LogP contribution in [0.15, 0.2) is 24.3 Å². The number of morpholine rings is 1. The highest BCUT2D eigenvalue weighted by Gasteiger charge is 2.16. The zero-order valence-electron chi connectivity index (χ0n) is 13.4. The van der Waals surface area contributed by atoms with Crippen molar-refractivity contribution in [2.45, 2.75) is 32.2 Å². The average Bonchev–Trinajstić information content (AvgIpc) is 2.53. The average molecular weight is 306 g/mol. The van der Waals surface area contributed by atoms with Gasteiger partial charge < -0.3 is 20.1 Å². The summed E-state index contributed by atoms with van der Waals surface area (Å²) in [4.78, 5) is 11.8. The van der Waals surface area contributed by atoms with Gasteiger partial charge in [-0.3, -0.25) is 4.79 Å². The predicted octanol–water partition coefficient (Wildman–Crippen LogP) is 1.68. The van der Waals surface area contributed by atoms with E-state index in [9.17, 15) is 4.79 Å². The van der Waals surface area contributed by atoms with Gasteiger partial charge in [-0.05, 0) is 17.5 Å². The second-order valence-corrected chi connectivity index (χ2v) is 5.82. The minimum absolute atomic E-state index is 0.0312. The lowest BCUT2D eigenvalue weighted by Crippen LogP contribution is -2.44. The van der Waals surface area contributed by atoms with Crippen LogP contribution in [0, 0.1) is 0 Å². The van der Waals surface area contributed by atoms with Gasteiger partial charge in [0.2, 0.25) is 5.91 Å². The molecule has 0 bridgehead atoms. The summed E-state index contributed by atoms with van der Waals surface area (Å²) < 4.78 is 11.1. The molecule has 1 aromatic rings. The minimum atomic E-state index is 0.0312. The Morgan fingerprint density at radius 3 is 3.00 bits per heavy atom. The first-order valence-corrected chi connectivity index (χ1v) is 7.96. The SMILES string of the molecule is CC(C)c1ccccc1OCCNC(=O)CC1COCCN1. The molecule has 0 aromatic heterocycles. The molecule has 0 radical (unpaired) electrons. The summed E-state index contributed by atoms with van der Waals surface area (Å²) in [6, 6.07) is 8.15. The summed E-state index contributed by atoms with van der Waals surface area (Å²) in [6.45, 7) is 7.41. The number of carbonyl (C=O) groups is 1. The molecule has 0 saturated carbocycles. The molecule has 1 aromatic carbocycles. The fourth-order valence-electron chi connectivity index (χ4n) is 2.49. The Hall–Kier alpha value is -1.59. The van der Waals surface area contributed by atoms with Gasteiger partial charge in [-0.1, -0.05) is 32.0 Å². The van der Waals surface area contributed by atoms with Crippen molar-refractivity contribution in [2.75, 3.05) is 32.9 Å². The van der Waals surface area contributed by atoms with Gasteiger partial charge in [0.1, 0.15) is 12.4 Å². The van der Waals surface area contributed by atoms with Crippen LogP contribution in [0.1, 0.15) is 31.7 Å². The fourth-order valence-corrected chi connectivity index (χ4v) is 2.49. The molecule has 22 heavy (non-hydrogen) atoms. The molecule has 1 saturated heterocycles. The topological polar surface area (TPSA) is 59.6 Å². The van der Waals surface area contributed by atoms with Crippen molar-refractivity contribution >= 4 is 5.91 Å². The summed E-state index contributed by atoms with van der Waals surface area (Å²) in [5.41, 5.74) is 1.19. The van der Waals surface area contributed by atoms with Crippen LogP contribution in [0.3, 0.4) is 0 Å². The van der Waals surface area contributed by atoms with Crippen LogP contribution >= 0.6 is 0 Å². The van der Waals surface area contributed by atoms with Gasteiger partial charge in [-0.25, -0.2) is 0 Å². The number of amides is 1. The largest absolute Gasteiger partial charge is 0.491 e. The highest BCUT2D eigenvalue weighted by atomic mass is 16.5. The lowest BCUT2D eigenvalue weighted by molar-refractivity contribution is -0.122. The highest BCUT2D eigenvalue weighted by Crippen LogP contribution is 2.25. The zero-order chi connectivity index (χ0) is 15.8. The summed E-state index contributed by atoms with van der Waals surface area (Å²) in [5, 5.41) is 6.16. The van der Waals surface area contributed by atoms with Gasteiger partial charge >= 0.3 is 0 Å². The van der Waals surface area contributed by atoms with Crippen molar-refractivity contribution in [1.29, 1.82) is 0 Å². The molecule has 1 heterocycles. The zero-order valence-corrected chi connectivity index (χ0v) is 13.4. The molecule has 1 fully saturated rings. The first-order valence-electron chi connectivity index (χ1n) is 7.96. The van der Waals surface area contributed by atoms with Crippen LogP contribution in [0.25, 0.3) is 0 Å². The maximum absolute atomic E-state index is 11.8. The third-order valence-corrected chi connectivity index (χ3v) is 3.65. The minimum Gasteiger partial charge on any atom is -0.491 e. The molecule has 2 N–H and O–H groups in total. The van der Waals surface area contributed by atoms with E-state index in [1.807, 2.05) is 18.2 Å². The lowest BCUT2D eigenvalue weighted by Gasteiger charge is -2.23. The smallest absolute Gasteiger partial charge is 0.221 e. The third kappa shape index (κ3) is 5.31. The van der Waals surface area contributed by atoms with Gasteiger partial charge in [0, 0.05) is 19.0 Å². The van der Waals surface area contributed by atoms with Gasteiger partial charge in [-0.2, -0.15) is 0 Å². The van der Waals surface area contributed by atoms with E-state index in [0.717, 1.165) is 18.9 Å². The summed E-state index contributed by atoms with van der Waals surface area (Å²) in [5.74, 6) is 1.35. The van der Waals surface area contributed by atoms with E-state index in [2.05, 4.69) is 30.5 Å². The Morgan fingerprint density at radius 2 is 2.27 bits per heavy atom. The quantitative estimate of drug-likeness (QED) is 0.753. The second-order valence-electron chi connectivity index (χ2n) is 5.82. The molecular formula is C17H26N2O3. The van der Waals surface area contributed by atoms with Crippen molar-refractivity contribution in [1.82, 2.24) is 10.6 Å². The first-order chi connectivity index (χ1) is 10.7. The third-order valence-electron chi connectivity index (χ3n) is 3.65. The molecule has 0 aliphatic carbocycles. The van der Waals surface area contributed by atoms with Crippen LogP contribution in [0.5, 0.6) is 5.75 Å². The highest BCUT2D eigenvalue weighted by molar-refractivity contribution is 5.76. The Kier molecular flexibility index (Phi) is 6.68. The van der Waals surface area contributed by atoms with E-state index in [1.165, 1.54) is 5.56 Å². The van der Waals surface area contributed by atoms with Crippen molar-refractivity contribution < 1.29 is 14.3 Å². The fraction of sp³-hybridized carbons (Fsp3) is 0.588. The molecule has 0 spiro atoms. The second kappa shape index (κ2) is 8.76. The number of para-hydroxylation sites is 1. The Labute approximate surface area is 132 Å². The number of benzene rings is 1. The molecular weight excluding hydrogens is 280 g/mol. The maximum atomic E-state index is 11.8. The van der Waals surface area contributed by atoms with E-state index in [1.54, 1.807) is 0 Å². The standard InChI is InChI=1S/C17H26N2O3/c1-13(2)15-5-3-4-6-16(15)22-10-8-19-17(20)11-14-12-21-9-7-18-14/h3-6,13-14,18H,7-12H2,1-2H3,(H,19,20). The van der Waals surface area contributed by atoms with E-state index < -0.39 is 0 Å². The maximum Gasteiger partial charge on any atom is 0.221 e. The van der Waals surface area contributed by atoms with Gasteiger partial charge in [0.25, 0.3) is 0 Å². The molecule has 1 aliphatic heterocycles. The van der Waals surface area contributed by atoms with Crippen molar-refractivity contribution in [3.05, 3.63) is 29.8 Å². The number of nitrogens with one attached hydrogen (secondary N) is 2. The number of hydrogen-bond acceptors (Lipinski definition) is 4. The molecule has 2 rings (SSSR count). The Bertz CT molecular complexity index is 471.